The van der Waals surface area contributed by atoms with Crippen molar-refractivity contribution < 1.29 is 9.90 Å². The molecule has 0 saturated carbocycles. The lowest BCUT2D eigenvalue weighted by Gasteiger charge is -2.30. The Bertz CT molecular complexity index is 705. The Balaban J connectivity index is 1.82. The summed E-state index contributed by atoms with van der Waals surface area (Å²) in [6.07, 6.45) is 4.52. The molecule has 6 nitrogen and oxygen atoms in total. The monoisotopic (exact) mass is 284 g/mol. The highest BCUT2D eigenvalue weighted by atomic mass is 16.4. The van der Waals surface area contributed by atoms with E-state index >= 15 is 0 Å². The molecule has 1 aliphatic rings. The fraction of sp³-hybridized carbons (Fsp3) is 0.267. The summed E-state index contributed by atoms with van der Waals surface area (Å²) in [5, 5.41) is 16.7. The van der Waals surface area contributed by atoms with Gasteiger partial charge in [0, 0.05) is 24.9 Å². The normalized spacial score (nSPS) is 14.4. The second-order valence-corrected chi connectivity index (χ2v) is 5.08. The van der Waals surface area contributed by atoms with Crippen LogP contribution in [0.2, 0.25) is 0 Å². The van der Waals surface area contributed by atoms with Crippen molar-refractivity contribution in [2.24, 2.45) is 0 Å². The van der Waals surface area contributed by atoms with Gasteiger partial charge in [0.15, 0.2) is 5.82 Å². The molecule has 0 fully saturated rings. The molecule has 0 bridgehead atoms. The molecule has 0 unspecified atom stereocenters. The smallest absolute Gasteiger partial charge is 0.328 e. The van der Waals surface area contributed by atoms with Crippen LogP contribution in [0, 0.1) is 6.92 Å². The van der Waals surface area contributed by atoms with Crippen LogP contribution in [0.5, 0.6) is 0 Å². The van der Waals surface area contributed by atoms with Crippen LogP contribution in [0.15, 0.2) is 30.6 Å². The van der Waals surface area contributed by atoms with Gasteiger partial charge in [0.05, 0.1) is 6.54 Å². The van der Waals surface area contributed by atoms with Gasteiger partial charge in [0.1, 0.15) is 6.33 Å². The van der Waals surface area contributed by atoms with Gasteiger partial charge in [-0.1, -0.05) is 6.07 Å². The summed E-state index contributed by atoms with van der Waals surface area (Å²) >= 11 is 0. The van der Waals surface area contributed by atoms with Crippen molar-refractivity contribution in [3.8, 4) is 0 Å². The first-order valence-electron chi connectivity index (χ1n) is 6.77. The third-order valence-corrected chi connectivity index (χ3v) is 3.62. The fourth-order valence-electron chi connectivity index (χ4n) is 2.58. The molecule has 108 valence electrons. The number of aliphatic carboxylic acids is 1. The molecule has 3 rings (SSSR count). The molecule has 0 radical (unpaired) electrons. The maximum atomic E-state index is 10.6. The van der Waals surface area contributed by atoms with Crippen molar-refractivity contribution in [2.75, 3.05) is 11.4 Å². The van der Waals surface area contributed by atoms with Gasteiger partial charge in [-0.25, -0.2) is 4.79 Å². The molecule has 1 aliphatic heterocycles. The second-order valence-electron chi connectivity index (χ2n) is 5.08. The lowest BCUT2D eigenvalue weighted by Crippen LogP contribution is -2.34. The molecule has 1 aromatic carbocycles. The van der Waals surface area contributed by atoms with Crippen LogP contribution >= 0.6 is 0 Å². The number of nitrogens with zero attached hydrogens (tertiary/aromatic N) is 4. The summed E-state index contributed by atoms with van der Waals surface area (Å²) in [6, 6.07) is 5.96. The minimum atomic E-state index is -0.938. The quantitative estimate of drug-likeness (QED) is 0.869. The molecule has 0 amide bonds. The van der Waals surface area contributed by atoms with Gasteiger partial charge in [-0.05, 0) is 36.3 Å². The van der Waals surface area contributed by atoms with E-state index in [1.807, 2.05) is 25.1 Å². The molecule has 1 N–H and O–H groups in total. The summed E-state index contributed by atoms with van der Waals surface area (Å²) in [6.45, 7) is 4.57. The maximum absolute atomic E-state index is 10.6. The van der Waals surface area contributed by atoms with Crippen molar-refractivity contribution in [2.45, 2.75) is 20.0 Å². The van der Waals surface area contributed by atoms with Crippen LogP contribution in [0.25, 0.3) is 6.08 Å². The number of carboxylic acid groups (broad SMARTS) is 1. The Labute approximate surface area is 122 Å². The van der Waals surface area contributed by atoms with E-state index in [4.69, 9.17) is 5.11 Å². The Hall–Kier alpha value is -2.63. The summed E-state index contributed by atoms with van der Waals surface area (Å²) in [5.74, 6) is 0.0302. The van der Waals surface area contributed by atoms with Crippen LogP contribution in [0.4, 0.5) is 5.69 Å². The summed E-state index contributed by atoms with van der Waals surface area (Å²) in [7, 11) is 0. The highest BCUT2D eigenvalue weighted by Gasteiger charge is 2.18. The van der Waals surface area contributed by atoms with E-state index in [-0.39, 0.29) is 0 Å². The summed E-state index contributed by atoms with van der Waals surface area (Å²) in [4.78, 5) is 12.8. The molecule has 0 saturated heterocycles. The van der Waals surface area contributed by atoms with Gasteiger partial charge in [0.2, 0.25) is 0 Å². The number of fused-ring (bicyclic) bond motifs is 1. The molecule has 0 aliphatic carbocycles. The Kier molecular flexibility index (Phi) is 3.43. The van der Waals surface area contributed by atoms with Gasteiger partial charge < -0.3 is 14.6 Å². The Morgan fingerprint density at radius 1 is 1.38 bits per heavy atom. The zero-order valence-corrected chi connectivity index (χ0v) is 11.7. The molecular weight excluding hydrogens is 268 g/mol. The van der Waals surface area contributed by atoms with Gasteiger partial charge in [-0.15, -0.1) is 10.2 Å². The van der Waals surface area contributed by atoms with Crippen LogP contribution in [0.3, 0.4) is 0 Å². The SMILES string of the molecule is Cc1cc(C=CC(=O)O)ccc1N1CCn2cnnc2C1. The van der Waals surface area contributed by atoms with Crippen LogP contribution in [-0.4, -0.2) is 32.4 Å². The van der Waals surface area contributed by atoms with Gasteiger partial charge in [-0.3, -0.25) is 0 Å². The number of hydrogen-bond acceptors (Lipinski definition) is 4. The second kappa shape index (κ2) is 5.40. The van der Waals surface area contributed by atoms with E-state index in [1.165, 1.54) is 0 Å². The van der Waals surface area contributed by atoms with E-state index in [2.05, 4.69) is 19.7 Å². The van der Waals surface area contributed by atoms with Crippen LogP contribution < -0.4 is 4.90 Å². The number of carboxylic acids is 1. The number of anilines is 1. The summed E-state index contributed by atoms with van der Waals surface area (Å²) < 4.78 is 2.07. The zero-order chi connectivity index (χ0) is 14.8. The molecule has 21 heavy (non-hydrogen) atoms. The average molecular weight is 284 g/mol. The summed E-state index contributed by atoms with van der Waals surface area (Å²) in [5.41, 5.74) is 3.16. The number of hydrogen-bond donors (Lipinski definition) is 1. The molecule has 2 heterocycles. The van der Waals surface area contributed by atoms with Crippen molar-refractivity contribution in [3.05, 3.63) is 47.6 Å². The maximum Gasteiger partial charge on any atom is 0.328 e. The first-order chi connectivity index (χ1) is 10.1. The van der Waals surface area contributed by atoms with Gasteiger partial charge in [-0.2, -0.15) is 0 Å². The Morgan fingerprint density at radius 2 is 2.24 bits per heavy atom. The third-order valence-electron chi connectivity index (χ3n) is 3.62. The number of benzene rings is 1. The first-order valence-corrected chi connectivity index (χ1v) is 6.77. The molecular formula is C15H16N4O2. The number of aromatic nitrogens is 3. The van der Waals surface area contributed by atoms with E-state index in [0.29, 0.717) is 0 Å². The topological polar surface area (TPSA) is 71.2 Å². The van der Waals surface area contributed by atoms with E-state index < -0.39 is 5.97 Å². The minimum Gasteiger partial charge on any atom is -0.478 e. The predicted molar refractivity (Wildman–Crippen MR) is 78.9 cm³/mol. The molecule has 1 aromatic heterocycles. The lowest BCUT2D eigenvalue weighted by molar-refractivity contribution is -0.131. The van der Waals surface area contributed by atoms with Gasteiger partial charge >= 0.3 is 5.97 Å². The predicted octanol–water partition coefficient (Wildman–Crippen LogP) is 1.70. The average Bonchev–Trinajstić information content (AvgIpc) is 2.92. The standard InChI is InChI=1S/C15H16N4O2/c1-11-8-12(3-5-15(20)21)2-4-13(11)18-6-7-19-10-16-17-14(19)9-18/h2-5,8,10H,6-7,9H2,1H3,(H,20,21). The highest BCUT2D eigenvalue weighted by Crippen LogP contribution is 2.25. The fourth-order valence-corrected chi connectivity index (χ4v) is 2.58. The number of aryl methyl sites for hydroxylation is 1. The number of rotatable bonds is 3. The van der Waals surface area contributed by atoms with E-state index in [0.717, 1.165) is 48.3 Å². The highest BCUT2D eigenvalue weighted by molar-refractivity contribution is 5.85. The zero-order valence-electron chi connectivity index (χ0n) is 11.7. The molecule has 0 spiro atoms. The largest absolute Gasteiger partial charge is 0.478 e. The molecule has 0 atom stereocenters. The third kappa shape index (κ3) is 2.79. The van der Waals surface area contributed by atoms with Crippen LogP contribution in [-0.2, 0) is 17.9 Å². The number of carbonyl (C=O) groups is 1. The van der Waals surface area contributed by atoms with E-state index in [1.54, 1.807) is 12.4 Å². The van der Waals surface area contributed by atoms with E-state index in [9.17, 15) is 4.79 Å². The van der Waals surface area contributed by atoms with Crippen molar-refractivity contribution in [3.63, 3.8) is 0 Å². The van der Waals surface area contributed by atoms with Crippen LogP contribution in [0.1, 0.15) is 17.0 Å². The molecule has 6 heteroatoms. The first kappa shape index (κ1) is 13.4. The molecule has 2 aromatic rings. The van der Waals surface area contributed by atoms with Crippen molar-refractivity contribution in [1.82, 2.24) is 14.8 Å². The van der Waals surface area contributed by atoms with Crippen molar-refractivity contribution >= 4 is 17.7 Å². The Morgan fingerprint density at radius 3 is 3.00 bits per heavy atom. The van der Waals surface area contributed by atoms with Crippen molar-refractivity contribution in [1.29, 1.82) is 0 Å². The minimum absolute atomic E-state index is 0.741. The van der Waals surface area contributed by atoms with Gasteiger partial charge in [0.25, 0.3) is 0 Å². The lowest BCUT2D eigenvalue weighted by atomic mass is 10.1.